The number of aromatic nitrogens is 2. The Labute approximate surface area is 163 Å². The first-order valence-corrected chi connectivity index (χ1v) is 9.04. The van der Waals surface area contributed by atoms with Crippen LogP contribution in [-0.2, 0) is 6.54 Å². The first kappa shape index (κ1) is 17.8. The summed E-state index contributed by atoms with van der Waals surface area (Å²) >= 11 is 0. The molecule has 0 aliphatic heterocycles. The molecule has 0 N–H and O–H groups in total. The smallest absolute Gasteiger partial charge is 0.230 e. The maximum atomic E-state index is 5.50. The van der Waals surface area contributed by atoms with Gasteiger partial charge in [-0.1, -0.05) is 48.5 Å². The zero-order chi connectivity index (χ0) is 19.3. The van der Waals surface area contributed by atoms with Crippen molar-refractivity contribution in [2.45, 2.75) is 6.54 Å². The lowest BCUT2D eigenvalue weighted by Crippen LogP contribution is -1.99. The molecule has 0 saturated carbocycles. The van der Waals surface area contributed by atoms with Crippen molar-refractivity contribution >= 4 is 23.2 Å². The van der Waals surface area contributed by atoms with Gasteiger partial charge < -0.3 is 14.0 Å². The number of para-hydroxylation sites is 3. The van der Waals surface area contributed by atoms with Gasteiger partial charge in [-0.05, 0) is 29.8 Å². The van der Waals surface area contributed by atoms with Crippen LogP contribution in [0.4, 0.5) is 5.95 Å². The lowest BCUT2D eigenvalue weighted by Gasteiger charge is -2.10. The number of aliphatic imine (C=N–C) groups is 1. The van der Waals surface area contributed by atoms with Gasteiger partial charge in [0, 0.05) is 11.8 Å². The summed E-state index contributed by atoms with van der Waals surface area (Å²) in [5.41, 5.74) is 4.00. The van der Waals surface area contributed by atoms with E-state index in [4.69, 9.17) is 14.5 Å². The SMILES string of the molecule is COc1cccc(C=Nc2nc3ccccc3n2Cc2ccccc2)c1OC. The molecule has 4 rings (SSSR count). The normalized spacial score (nSPS) is 11.2. The quantitative estimate of drug-likeness (QED) is 0.455. The molecule has 5 nitrogen and oxygen atoms in total. The maximum Gasteiger partial charge on any atom is 0.230 e. The number of methoxy groups -OCH3 is 2. The molecular weight excluding hydrogens is 350 g/mol. The van der Waals surface area contributed by atoms with Crippen molar-refractivity contribution in [2.75, 3.05) is 14.2 Å². The number of fused-ring (bicyclic) bond motifs is 1. The minimum atomic E-state index is 0.648. The van der Waals surface area contributed by atoms with E-state index in [0.717, 1.165) is 16.6 Å². The van der Waals surface area contributed by atoms with Gasteiger partial charge in [-0.2, -0.15) is 0 Å². The number of rotatable bonds is 6. The number of hydrogen-bond donors (Lipinski definition) is 0. The lowest BCUT2D eigenvalue weighted by atomic mass is 10.2. The molecule has 4 aromatic rings. The van der Waals surface area contributed by atoms with E-state index in [1.807, 2.05) is 54.6 Å². The second-order valence-electron chi connectivity index (χ2n) is 6.31. The Balaban J connectivity index is 1.77. The Morgan fingerprint density at radius 2 is 1.68 bits per heavy atom. The molecule has 0 saturated heterocycles. The largest absolute Gasteiger partial charge is 0.493 e. The molecule has 3 aromatic carbocycles. The van der Waals surface area contributed by atoms with Crippen molar-refractivity contribution in [3.8, 4) is 11.5 Å². The summed E-state index contributed by atoms with van der Waals surface area (Å²) in [6.07, 6.45) is 1.77. The molecular formula is C23H21N3O2. The van der Waals surface area contributed by atoms with Crippen LogP contribution in [0.1, 0.15) is 11.1 Å². The van der Waals surface area contributed by atoms with E-state index in [1.54, 1.807) is 20.4 Å². The molecule has 0 unspecified atom stereocenters. The monoisotopic (exact) mass is 371 g/mol. The predicted octanol–water partition coefficient (Wildman–Crippen LogP) is 4.85. The van der Waals surface area contributed by atoms with Gasteiger partial charge in [0.05, 0.1) is 31.8 Å². The molecule has 1 heterocycles. The molecule has 0 aliphatic rings. The van der Waals surface area contributed by atoms with E-state index in [0.29, 0.717) is 24.0 Å². The number of imidazole rings is 1. The average Bonchev–Trinajstić information content (AvgIpc) is 3.10. The van der Waals surface area contributed by atoms with Crippen LogP contribution in [0.3, 0.4) is 0 Å². The summed E-state index contributed by atoms with van der Waals surface area (Å²) in [4.78, 5) is 9.40. The van der Waals surface area contributed by atoms with E-state index in [1.165, 1.54) is 5.56 Å². The molecule has 0 aliphatic carbocycles. The Hall–Kier alpha value is -3.60. The second kappa shape index (κ2) is 7.96. The molecule has 0 atom stereocenters. The van der Waals surface area contributed by atoms with Gasteiger partial charge in [-0.25, -0.2) is 9.98 Å². The van der Waals surface area contributed by atoms with Crippen LogP contribution in [0.2, 0.25) is 0 Å². The summed E-state index contributed by atoms with van der Waals surface area (Å²) < 4.78 is 13.0. The van der Waals surface area contributed by atoms with Crippen LogP contribution < -0.4 is 9.47 Å². The summed E-state index contributed by atoms with van der Waals surface area (Å²) in [6.45, 7) is 0.698. The highest BCUT2D eigenvalue weighted by Crippen LogP contribution is 2.30. The minimum absolute atomic E-state index is 0.648. The fourth-order valence-corrected chi connectivity index (χ4v) is 3.22. The van der Waals surface area contributed by atoms with Crippen molar-refractivity contribution in [3.05, 3.63) is 83.9 Å². The molecule has 0 fully saturated rings. The summed E-state index contributed by atoms with van der Waals surface area (Å²) in [5.74, 6) is 1.97. The molecule has 0 radical (unpaired) electrons. The summed E-state index contributed by atoms with van der Waals surface area (Å²) in [7, 11) is 3.25. The minimum Gasteiger partial charge on any atom is -0.493 e. The maximum absolute atomic E-state index is 5.50. The third-order valence-corrected chi connectivity index (χ3v) is 4.57. The zero-order valence-electron chi connectivity index (χ0n) is 15.9. The predicted molar refractivity (Wildman–Crippen MR) is 112 cm³/mol. The Kier molecular flexibility index (Phi) is 5.06. The van der Waals surface area contributed by atoms with E-state index >= 15 is 0 Å². The second-order valence-corrected chi connectivity index (χ2v) is 6.31. The van der Waals surface area contributed by atoms with E-state index in [-0.39, 0.29) is 0 Å². The van der Waals surface area contributed by atoms with Crippen molar-refractivity contribution in [1.82, 2.24) is 9.55 Å². The van der Waals surface area contributed by atoms with Gasteiger partial charge in [0.25, 0.3) is 0 Å². The first-order valence-electron chi connectivity index (χ1n) is 9.04. The standard InChI is InChI=1S/C23H21N3O2/c1-27-21-14-8-11-18(22(21)28-2)15-24-23-25-19-12-6-7-13-20(19)26(23)16-17-9-4-3-5-10-17/h3-15H,16H2,1-2H3. The topological polar surface area (TPSA) is 48.6 Å². The Morgan fingerprint density at radius 3 is 2.46 bits per heavy atom. The summed E-state index contributed by atoms with van der Waals surface area (Å²) in [5, 5.41) is 0. The Bertz CT molecular complexity index is 1120. The van der Waals surface area contributed by atoms with Crippen LogP contribution in [0.15, 0.2) is 77.8 Å². The van der Waals surface area contributed by atoms with Crippen LogP contribution in [-0.4, -0.2) is 30.0 Å². The van der Waals surface area contributed by atoms with Crippen molar-refractivity contribution in [2.24, 2.45) is 4.99 Å². The number of benzene rings is 3. The lowest BCUT2D eigenvalue weighted by molar-refractivity contribution is 0.354. The third-order valence-electron chi connectivity index (χ3n) is 4.57. The van der Waals surface area contributed by atoms with E-state index in [2.05, 4.69) is 27.8 Å². The Morgan fingerprint density at radius 1 is 0.893 bits per heavy atom. The molecule has 0 spiro atoms. The van der Waals surface area contributed by atoms with Crippen molar-refractivity contribution in [1.29, 1.82) is 0 Å². The highest BCUT2D eigenvalue weighted by molar-refractivity contribution is 5.87. The molecule has 1 aromatic heterocycles. The zero-order valence-corrected chi connectivity index (χ0v) is 15.9. The fourth-order valence-electron chi connectivity index (χ4n) is 3.22. The highest BCUT2D eigenvalue weighted by atomic mass is 16.5. The van der Waals surface area contributed by atoms with E-state index in [9.17, 15) is 0 Å². The fraction of sp³-hybridized carbons (Fsp3) is 0.130. The third kappa shape index (κ3) is 3.47. The van der Waals surface area contributed by atoms with E-state index < -0.39 is 0 Å². The van der Waals surface area contributed by atoms with Crippen molar-refractivity contribution in [3.63, 3.8) is 0 Å². The number of hydrogen-bond acceptors (Lipinski definition) is 4. The van der Waals surface area contributed by atoms with Gasteiger partial charge in [0.15, 0.2) is 11.5 Å². The van der Waals surface area contributed by atoms with Gasteiger partial charge in [-0.3, -0.25) is 0 Å². The van der Waals surface area contributed by atoms with Crippen LogP contribution in [0, 0.1) is 0 Å². The first-order chi connectivity index (χ1) is 13.8. The van der Waals surface area contributed by atoms with Gasteiger partial charge in [0.2, 0.25) is 5.95 Å². The van der Waals surface area contributed by atoms with Gasteiger partial charge in [-0.15, -0.1) is 0 Å². The average molecular weight is 371 g/mol. The van der Waals surface area contributed by atoms with Crippen molar-refractivity contribution < 1.29 is 9.47 Å². The van der Waals surface area contributed by atoms with Gasteiger partial charge >= 0.3 is 0 Å². The molecule has 0 amide bonds. The number of nitrogens with zero attached hydrogens (tertiary/aromatic N) is 3. The number of ether oxygens (including phenoxy) is 2. The van der Waals surface area contributed by atoms with Gasteiger partial charge in [0.1, 0.15) is 0 Å². The molecule has 0 bridgehead atoms. The van der Waals surface area contributed by atoms with Crippen LogP contribution >= 0.6 is 0 Å². The molecule has 5 heteroatoms. The van der Waals surface area contributed by atoms with Crippen LogP contribution in [0.5, 0.6) is 11.5 Å². The molecule has 140 valence electrons. The summed E-state index contributed by atoms with van der Waals surface area (Å²) in [6, 6.07) is 24.1. The molecule has 28 heavy (non-hydrogen) atoms. The highest BCUT2D eigenvalue weighted by Gasteiger charge is 2.11. The van der Waals surface area contributed by atoms with Crippen LogP contribution in [0.25, 0.3) is 11.0 Å².